The van der Waals surface area contributed by atoms with E-state index in [4.69, 9.17) is 11.6 Å². The molecule has 1 aromatic heterocycles. The molecule has 1 aromatic carbocycles. The molecule has 0 bridgehead atoms. The van der Waals surface area contributed by atoms with Crippen molar-refractivity contribution in [1.29, 1.82) is 0 Å². The molecule has 0 amide bonds. The highest BCUT2D eigenvalue weighted by atomic mass is 79.9. The van der Waals surface area contributed by atoms with E-state index in [1.165, 1.54) is 6.07 Å². The average Bonchev–Trinajstić information content (AvgIpc) is 2.48. The summed E-state index contributed by atoms with van der Waals surface area (Å²) in [6.45, 7) is 3.02. The number of nitrogens with zero attached hydrogens (tertiary/aromatic N) is 3. The standard InChI is InChI=1S/C15H14BrClFN3/c16-11-9-13(18)15(19-10-11)21-7-5-20(6-8-21)14-4-2-1-3-12(14)17/h1-4,9-10H,5-8H2. The lowest BCUT2D eigenvalue weighted by atomic mass is 10.2. The van der Waals surface area contributed by atoms with Crippen LogP contribution in [-0.2, 0) is 0 Å². The van der Waals surface area contributed by atoms with Gasteiger partial charge in [0.1, 0.15) is 0 Å². The maximum atomic E-state index is 14.0. The molecule has 0 atom stereocenters. The third-order valence-electron chi connectivity index (χ3n) is 3.56. The van der Waals surface area contributed by atoms with Gasteiger partial charge in [0.25, 0.3) is 0 Å². The first-order chi connectivity index (χ1) is 10.1. The fraction of sp³-hybridized carbons (Fsp3) is 0.267. The van der Waals surface area contributed by atoms with Gasteiger partial charge in [0.2, 0.25) is 0 Å². The molecule has 1 aliphatic rings. The van der Waals surface area contributed by atoms with Gasteiger partial charge in [0, 0.05) is 36.8 Å². The van der Waals surface area contributed by atoms with Crippen LogP contribution in [0.5, 0.6) is 0 Å². The molecule has 2 aromatic rings. The zero-order valence-electron chi connectivity index (χ0n) is 11.3. The fourth-order valence-electron chi connectivity index (χ4n) is 2.51. The number of halogens is 3. The quantitative estimate of drug-likeness (QED) is 0.797. The van der Waals surface area contributed by atoms with Gasteiger partial charge in [0.15, 0.2) is 11.6 Å². The first-order valence-electron chi connectivity index (χ1n) is 6.70. The van der Waals surface area contributed by atoms with Crippen molar-refractivity contribution < 1.29 is 4.39 Å². The number of piperazine rings is 1. The van der Waals surface area contributed by atoms with E-state index in [1.807, 2.05) is 29.2 Å². The summed E-state index contributed by atoms with van der Waals surface area (Å²) >= 11 is 9.45. The third kappa shape index (κ3) is 3.14. The minimum absolute atomic E-state index is 0.296. The summed E-state index contributed by atoms with van der Waals surface area (Å²) in [5, 5.41) is 0.749. The number of hydrogen-bond acceptors (Lipinski definition) is 3. The van der Waals surface area contributed by atoms with Gasteiger partial charge in [-0.15, -0.1) is 0 Å². The Morgan fingerprint density at radius 1 is 1.10 bits per heavy atom. The Balaban J connectivity index is 1.72. The van der Waals surface area contributed by atoms with Gasteiger partial charge in [-0.2, -0.15) is 0 Å². The summed E-state index contributed by atoms with van der Waals surface area (Å²) in [7, 11) is 0. The van der Waals surface area contributed by atoms with Crippen LogP contribution in [0.4, 0.5) is 15.9 Å². The van der Waals surface area contributed by atoms with E-state index < -0.39 is 0 Å². The predicted molar refractivity (Wildman–Crippen MR) is 87.8 cm³/mol. The van der Waals surface area contributed by atoms with Crippen LogP contribution < -0.4 is 9.80 Å². The lowest BCUT2D eigenvalue weighted by molar-refractivity contribution is 0.588. The number of rotatable bonds is 2. The second-order valence-corrected chi connectivity index (χ2v) is 6.21. The van der Waals surface area contributed by atoms with Gasteiger partial charge in [-0.05, 0) is 34.1 Å². The summed E-state index contributed by atoms with van der Waals surface area (Å²) in [5.74, 6) is 0.118. The van der Waals surface area contributed by atoms with Crippen molar-refractivity contribution in [3.8, 4) is 0 Å². The maximum absolute atomic E-state index is 14.0. The van der Waals surface area contributed by atoms with Crippen molar-refractivity contribution in [2.24, 2.45) is 0 Å². The first kappa shape index (κ1) is 14.6. The van der Waals surface area contributed by atoms with Crippen LogP contribution in [0.3, 0.4) is 0 Å². The minimum atomic E-state index is -0.296. The molecule has 3 rings (SSSR count). The van der Waals surface area contributed by atoms with Gasteiger partial charge in [-0.25, -0.2) is 9.37 Å². The Bertz CT molecular complexity index is 645. The van der Waals surface area contributed by atoms with Crippen LogP contribution in [0, 0.1) is 5.82 Å². The van der Waals surface area contributed by atoms with Crippen LogP contribution in [0.1, 0.15) is 0 Å². The van der Waals surface area contributed by atoms with Gasteiger partial charge < -0.3 is 9.80 Å². The van der Waals surface area contributed by atoms with E-state index >= 15 is 0 Å². The lowest BCUT2D eigenvalue weighted by Crippen LogP contribution is -2.47. The zero-order valence-corrected chi connectivity index (χ0v) is 13.6. The van der Waals surface area contributed by atoms with Crippen LogP contribution >= 0.6 is 27.5 Å². The molecular weight excluding hydrogens is 357 g/mol. The molecule has 1 fully saturated rings. The van der Waals surface area contributed by atoms with Gasteiger partial charge in [0.05, 0.1) is 10.7 Å². The van der Waals surface area contributed by atoms with Gasteiger partial charge in [-0.3, -0.25) is 0 Å². The molecule has 1 saturated heterocycles. The Labute approximate surface area is 136 Å². The number of anilines is 2. The normalized spacial score (nSPS) is 15.4. The van der Waals surface area contributed by atoms with Crippen molar-refractivity contribution in [3.63, 3.8) is 0 Å². The zero-order chi connectivity index (χ0) is 14.8. The van der Waals surface area contributed by atoms with Crippen LogP contribution in [0.25, 0.3) is 0 Å². The Morgan fingerprint density at radius 2 is 1.76 bits per heavy atom. The molecule has 110 valence electrons. The topological polar surface area (TPSA) is 19.4 Å². The first-order valence-corrected chi connectivity index (χ1v) is 7.88. The number of aromatic nitrogens is 1. The molecule has 0 saturated carbocycles. The minimum Gasteiger partial charge on any atom is -0.367 e. The average molecular weight is 371 g/mol. The molecule has 1 aliphatic heterocycles. The van der Waals surface area contributed by atoms with Crippen molar-refractivity contribution in [2.45, 2.75) is 0 Å². The van der Waals surface area contributed by atoms with E-state index in [9.17, 15) is 4.39 Å². The predicted octanol–water partition coefficient (Wildman–Crippen LogP) is 3.96. The summed E-state index contributed by atoms with van der Waals surface area (Å²) < 4.78 is 14.6. The number of para-hydroxylation sites is 1. The second kappa shape index (κ2) is 6.20. The van der Waals surface area contributed by atoms with Crippen molar-refractivity contribution >= 4 is 39.0 Å². The lowest BCUT2D eigenvalue weighted by Gasteiger charge is -2.37. The molecule has 0 N–H and O–H groups in total. The number of pyridine rings is 1. The van der Waals surface area contributed by atoms with Crippen molar-refractivity contribution in [1.82, 2.24) is 4.98 Å². The van der Waals surface area contributed by atoms with E-state index in [0.29, 0.717) is 10.3 Å². The molecular formula is C15H14BrClFN3. The molecule has 2 heterocycles. The summed E-state index contributed by atoms with van der Waals surface area (Å²) in [6.07, 6.45) is 1.62. The van der Waals surface area contributed by atoms with Crippen LogP contribution in [0.15, 0.2) is 41.0 Å². The highest BCUT2D eigenvalue weighted by molar-refractivity contribution is 9.10. The van der Waals surface area contributed by atoms with Crippen molar-refractivity contribution in [2.75, 3.05) is 36.0 Å². The molecule has 0 spiro atoms. The van der Waals surface area contributed by atoms with E-state index in [1.54, 1.807) is 6.20 Å². The number of benzene rings is 1. The fourth-order valence-corrected chi connectivity index (χ4v) is 3.07. The molecule has 3 nitrogen and oxygen atoms in total. The molecule has 6 heteroatoms. The maximum Gasteiger partial charge on any atom is 0.166 e. The summed E-state index contributed by atoms with van der Waals surface area (Å²) in [6, 6.07) is 9.24. The van der Waals surface area contributed by atoms with Crippen molar-refractivity contribution in [3.05, 3.63) is 51.8 Å². The highest BCUT2D eigenvalue weighted by Crippen LogP contribution is 2.27. The molecule has 0 unspecified atom stereocenters. The monoisotopic (exact) mass is 369 g/mol. The Morgan fingerprint density at radius 3 is 2.43 bits per heavy atom. The van der Waals surface area contributed by atoms with E-state index in [2.05, 4.69) is 25.8 Å². The third-order valence-corrected chi connectivity index (χ3v) is 4.31. The SMILES string of the molecule is Fc1cc(Br)cnc1N1CCN(c2ccccc2Cl)CC1. The van der Waals surface area contributed by atoms with Gasteiger partial charge in [-0.1, -0.05) is 23.7 Å². The Hall–Kier alpha value is -1.33. The molecule has 0 aliphatic carbocycles. The largest absolute Gasteiger partial charge is 0.367 e. The smallest absolute Gasteiger partial charge is 0.166 e. The van der Waals surface area contributed by atoms with E-state index in [-0.39, 0.29) is 5.82 Å². The second-order valence-electron chi connectivity index (χ2n) is 4.88. The molecule has 0 radical (unpaired) electrons. The van der Waals surface area contributed by atoms with Crippen LogP contribution in [0.2, 0.25) is 5.02 Å². The summed E-state index contributed by atoms with van der Waals surface area (Å²) in [4.78, 5) is 8.36. The number of hydrogen-bond donors (Lipinski definition) is 0. The highest BCUT2D eigenvalue weighted by Gasteiger charge is 2.21. The Kier molecular flexibility index (Phi) is 4.31. The summed E-state index contributed by atoms with van der Waals surface area (Å²) in [5.41, 5.74) is 1.03. The molecule has 21 heavy (non-hydrogen) atoms. The van der Waals surface area contributed by atoms with Gasteiger partial charge >= 0.3 is 0 Å². The van der Waals surface area contributed by atoms with E-state index in [0.717, 1.165) is 36.9 Å². The van der Waals surface area contributed by atoms with Crippen LogP contribution in [-0.4, -0.2) is 31.2 Å².